The van der Waals surface area contributed by atoms with Gasteiger partial charge in [0.15, 0.2) is 0 Å². The molecule has 18 heavy (non-hydrogen) atoms. The van der Waals surface area contributed by atoms with Gasteiger partial charge in [0.05, 0.1) is 18.4 Å². The number of benzene rings is 1. The lowest BCUT2D eigenvalue weighted by Crippen LogP contribution is -2.05. The Hall–Kier alpha value is -2.10. The van der Waals surface area contributed by atoms with E-state index in [0.29, 0.717) is 5.56 Å². The van der Waals surface area contributed by atoms with E-state index in [2.05, 4.69) is 5.10 Å². The summed E-state index contributed by atoms with van der Waals surface area (Å²) in [6.45, 7) is 5.87. The maximum Gasteiger partial charge on any atom is 0.338 e. The normalized spacial score (nSPS) is 9.33. The Labute approximate surface area is 107 Å². The zero-order chi connectivity index (χ0) is 13.5. The second kappa shape index (κ2) is 6.59. The van der Waals surface area contributed by atoms with Gasteiger partial charge in [-0.3, -0.25) is 0 Å². The average Bonchev–Trinajstić information content (AvgIpc) is 2.95. The first kappa shape index (κ1) is 14.0. The van der Waals surface area contributed by atoms with Crippen molar-refractivity contribution < 1.29 is 9.53 Å². The van der Waals surface area contributed by atoms with Crippen LogP contribution < -0.4 is 0 Å². The lowest BCUT2D eigenvalue weighted by Gasteiger charge is -2.07. The summed E-state index contributed by atoms with van der Waals surface area (Å²) in [5, 5.41) is 4.11. The number of aromatic nitrogens is 2. The Morgan fingerprint density at radius 3 is 2.61 bits per heavy atom. The molecule has 1 heterocycles. The number of ether oxygens (including phenoxy) is 1. The molecular weight excluding hydrogens is 228 g/mol. The number of hydrogen-bond donors (Lipinski definition) is 0. The van der Waals surface area contributed by atoms with Gasteiger partial charge < -0.3 is 4.74 Å². The highest BCUT2D eigenvalue weighted by Crippen LogP contribution is 2.15. The van der Waals surface area contributed by atoms with E-state index >= 15 is 0 Å². The molecule has 0 atom stereocenters. The van der Waals surface area contributed by atoms with Crippen LogP contribution >= 0.6 is 0 Å². The predicted octanol–water partition coefficient (Wildman–Crippen LogP) is 2.99. The van der Waals surface area contributed by atoms with Crippen molar-refractivity contribution in [1.29, 1.82) is 0 Å². The van der Waals surface area contributed by atoms with E-state index in [1.165, 1.54) is 7.11 Å². The molecule has 0 spiro atoms. The summed E-state index contributed by atoms with van der Waals surface area (Å²) in [4.78, 5) is 11.5. The molecule has 0 radical (unpaired) electrons. The molecule has 0 aliphatic rings. The molecule has 4 nitrogen and oxygen atoms in total. The third-order valence-electron chi connectivity index (χ3n) is 2.40. The van der Waals surface area contributed by atoms with Gasteiger partial charge in [-0.1, -0.05) is 19.9 Å². The van der Waals surface area contributed by atoms with Crippen LogP contribution in [-0.4, -0.2) is 22.9 Å². The van der Waals surface area contributed by atoms with E-state index in [-0.39, 0.29) is 5.97 Å². The fraction of sp³-hybridized carbons (Fsp3) is 0.286. The lowest BCUT2D eigenvalue weighted by molar-refractivity contribution is 0.0600. The minimum absolute atomic E-state index is 0.327. The number of carbonyl (C=O) groups excluding carboxylic acids is 1. The molecule has 2 aromatic rings. The summed E-state index contributed by atoms with van der Waals surface area (Å²) in [5.74, 6) is -0.327. The maximum absolute atomic E-state index is 11.5. The maximum atomic E-state index is 11.5. The van der Waals surface area contributed by atoms with Crippen molar-refractivity contribution in [2.45, 2.75) is 20.8 Å². The quantitative estimate of drug-likeness (QED) is 0.765. The summed E-state index contributed by atoms with van der Waals surface area (Å²) in [6.07, 6.45) is 3.52. The number of rotatable bonds is 2. The van der Waals surface area contributed by atoms with E-state index in [0.717, 1.165) is 11.3 Å². The van der Waals surface area contributed by atoms with Gasteiger partial charge in [-0.05, 0) is 30.7 Å². The van der Waals surface area contributed by atoms with E-state index in [1.54, 1.807) is 16.9 Å². The van der Waals surface area contributed by atoms with Gasteiger partial charge in [0, 0.05) is 12.4 Å². The molecule has 96 valence electrons. The molecule has 0 unspecified atom stereocenters. The van der Waals surface area contributed by atoms with Crippen molar-refractivity contribution >= 4 is 5.97 Å². The third-order valence-corrected chi connectivity index (χ3v) is 2.40. The van der Waals surface area contributed by atoms with Gasteiger partial charge in [-0.2, -0.15) is 5.10 Å². The van der Waals surface area contributed by atoms with E-state index < -0.39 is 0 Å². The van der Waals surface area contributed by atoms with Gasteiger partial charge >= 0.3 is 5.97 Å². The van der Waals surface area contributed by atoms with Crippen LogP contribution in [0.3, 0.4) is 0 Å². The highest BCUT2D eigenvalue weighted by atomic mass is 16.5. The summed E-state index contributed by atoms with van der Waals surface area (Å²) >= 11 is 0. The Bertz CT molecular complexity index is 505. The molecule has 2 rings (SSSR count). The Morgan fingerprint density at radius 1 is 1.33 bits per heavy atom. The van der Waals surface area contributed by atoms with Gasteiger partial charge in [0.25, 0.3) is 0 Å². The topological polar surface area (TPSA) is 44.1 Å². The van der Waals surface area contributed by atoms with Crippen LogP contribution in [0.4, 0.5) is 0 Å². The summed E-state index contributed by atoms with van der Waals surface area (Å²) in [5.41, 5.74) is 2.30. The van der Waals surface area contributed by atoms with Crippen LogP contribution in [0.25, 0.3) is 5.69 Å². The largest absolute Gasteiger partial charge is 0.465 e. The highest BCUT2D eigenvalue weighted by Gasteiger charge is 2.10. The number of aryl methyl sites for hydroxylation is 1. The molecule has 0 amide bonds. The molecule has 1 aromatic carbocycles. The molecule has 0 aliphatic heterocycles. The minimum Gasteiger partial charge on any atom is -0.465 e. The monoisotopic (exact) mass is 246 g/mol. The second-order valence-corrected chi connectivity index (χ2v) is 3.44. The molecule has 0 fully saturated rings. The van der Waals surface area contributed by atoms with E-state index in [1.807, 2.05) is 45.2 Å². The van der Waals surface area contributed by atoms with E-state index in [9.17, 15) is 4.79 Å². The molecule has 1 aromatic heterocycles. The van der Waals surface area contributed by atoms with Crippen LogP contribution in [0.2, 0.25) is 0 Å². The van der Waals surface area contributed by atoms with Crippen molar-refractivity contribution in [3.63, 3.8) is 0 Å². The zero-order valence-corrected chi connectivity index (χ0v) is 11.2. The summed E-state index contributed by atoms with van der Waals surface area (Å²) in [7, 11) is 1.38. The standard InChI is InChI=1S/C12H12N2O2.C2H6/c1-9-4-5-10(14-7-3-6-13-14)8-11(9)12(15)16-2;1-2/h3-8H,1-2H3;1-2H3. The van der Waals surface area contributed by atoms with Gasteiger partial charge in [-0.25, -0.2) is 9.48 Å². The molecule has 0 saturated carbocycles. The van der Waals surface area contributed by atoms with Gasteiger partial charge in [0.2, 0.25) is 0 Å². The second-order valence-electron chi connectivity index (χ2n) is 3.44. The summed E-state index contributed by atoms with van der Waals surface area (Å²) in [6, 6.07) is 7.39. The van der Waals surface area contributed by atoms with Crippen LogP contribution in [0, 0.1) is 6.92 Å². The number of carbonyl (C=O) groups is 1. The van der Waals surface area contributed by atoms with E-state index in [4.69, 9.17) is 4.74 Å². The lowest BCUT2D eigenvalue weighted by atomic mass is 10.1. The Balaban J connectivity index is 0.000000771. The average molecular weight is 246 g/mol. The van der Waals surface area contributed by atoms with Crippen LogP contribution in [-0.2, 0) is 4.74 Å². The number of nitrogens with zero attached hydrogens (tertiary/aromatic N) is 2. The first-order valence-corrected chi connectivity index (χ1v) is 5.91. The predicted molar refractivity (Wildman–Crippen MR) is 71.0 cm³/mol. The minimum atomic E-state index is -0.327. The van der Waals surface area contributed by atoms with Crippen LogP contribution in [0.1, 0.15) is 29.8 Å². The van der Waals surface area contributed by atoms with Crippen LogP contribution in [0.15, 0.2) is 36.7 Å². The molecule has 0 bridgehead atoms. The molecule has 4 heteroatoms. The number of hydrogen-bond acceptors (Lipinski definition) is 3. The number of methoxy groups -OCH3 is 1. The van der Waals surface area contributed by atoms with Crippen molar-refractivity contribution in [2.75, 3.05) is 7.11 Å². The highest BCUT2D eigenvalue weighted by molar-refractivity contribution is 5.91. The van der Waals surface area contributed by atoms with Gasteiger partial charge in [-0.15, -0.1) is 0 Å². The van der Waals surface area contributed by atoms with Crippen molar-refractivity contribution in [3.8, 4) is 5.69 Å². The zero-order valence-electron chi connectivity index (χ0n) is 11.2. The van der Waals surface area contributed by atoms with Crippen molar-refractivity contribution in [1.82, 2.24) is 9.78 Å². The SMILES string of the molecule is CC.COC(=O)c1cc(-n2cccn2)ccc1C. The third kappa shape index (κ3) is 2.97. The molecule has 0 saturated heterocycles. The number of esters is 1. The van der Waals surface area contributed by atoms with Gasteiger partial charge in [0.1, 0.15) is 0 Å². The van der Waals surface area contributed by atoms with Crippen molar-refractivity contribution in [3.05, 3.63) is 47.8 Å². The fourth-order valence-electron chi connectivity index (χ4n) is 1.50. The first-order chi connectivity index (χ1) is 8.72. The molecule has 0 N–H and O–H groups in total. The smallest absolute Gasteiger partial charge is 0.338 e. The Morgan fingerprint density at radius 2 is 2.06 bits per heavy atom. The van der Waals surface area contributed by atoms with Crippen LogP contribution in [0.5, 0.6) is 0 Å². The van der Waals surface area contributed by atoms with Crippen molar-refractivity contribution in [2.24, 2.45) is 0 Å². The fourth-order valence-corrected chi connectivity index (χ4v) is 1.50. The molecule has 0 aliphatic carbocycles. The Kier molecular flexibility index (Phi) is 5.11. The molecular formula is C14H18N2O2. The summed E-state index contributed by atoms with van der Waals surface area (Å²) < 4.78 is 6.42. The first-order valence-electron chi connectivity index (χ1n) is 5.91.